The van der Waals surface area contributed by atoms with Gasteiger partial charge in [-0.3, -0.25) is 9.80 Å². The molecular formula is C16H21Cl2N3O. The normalized spacial score (nSPS) is 21.4. The molecule has 0 spiro atoms. The van der Waals surface area contributed by atoms with Crippen LogP contribution in [-0.2, 0) is 0 Å². The predicted octanol–water partition coefficient (Wildman–Crippen LogP) is 3.59. The molecule has 0 bridgehead atoms. The number of rotatable bonds is 4. The van der Waals surface area contributed by atoms with Gasteiger partial charge in [0.25, 0.3) is 0 Å². The van der Waals surface area contributed by atoms with Crippen LogP contribution >= 0.6 is 23.2 Å². The highest BCUT2D eigenvalue weighted by molar-refractivity contribution is 6.37. The van der Waals surface area contributed by atoms with E-state index in [1.165, 1.54) is 7.11 Å². The number of hydrogen-bond acceptors (Lipinski definition) is 4. The predicted molar refractivity (Wildman–Crippen MR) is 89.7 cm³/mol. The molecule has 0 amide bonds. The molecule has 1 aliphatic rings. The highest BCUT2D eigenvalue weighted by Gasteiger charge is 2.29. The topological polar surface area (TPSA) is 39.5 Å². The number of hydrogen-bond donors (Lipinski definition) is 0. The number of nitrogens with zero attached hydrogens (tertiary/aromatic N) is 3. The zero-order valence-corrected chi connectivity index (χ0v) is 14.7. The minimum Gasteiger partial charge on any atom is -0.494 e. The van der Waals surface area contributed by atoms with Crippen molar-refractivity contribution in [3.8, 4) is 11.8 Å². The van der Waals surface area contributed by atoms with Crippen LogP contribution in [0.1, 0.15) is 25.5 Å². The van der Waals surface area contributed by atoms with Gasteiger partial charge in [-0.05, 0) is 31.2 Å². The zero-order chi connectivity index (χ0) is 16.3. The van der Waals surface area contributed by atoms with Gasteiger partial charge < -0.3 is 4.74 Å². The fraction of sp³-hybridized carbons (Fsp3) is 0.562. The lowest BCUT2D eigenvalue weighted by atomic mass is 10.0. The Balaban J connectivity index is 2.25. The second kappa shape index (κ2) is 7.52. The number of piperazine rings is 1. The molecule has 6 heteroatoms. The largest absolute Gasteiger partial charge is 0.494 e. The van der Waals surface area contributed by atoms with Crippen molar-refractivity contribution in [2.45, 2.75) is 25.9 Å². The second-order valence-electron chi connectivity index (χ2n) is 5.52. The number of halogens is 2. The molecule has 120 valence electrons. The molecule has 0 aromatic heterocycles. The molecule has 1 fully saturated rings. The SMILES string of the molecule is CCN1CCN(C(C#N)c2cc(Cl)c(OC)c(Cl)c2)CC1C. The molecule has 0 saturated carbocycles. The van der Waals surface area contributed by atoms with E-state index >= 15 is 0 Å². The highest BCUT2D eigenvalue weighted by atomic mass is 35.5. The summed E-state index contributed by atoms with van der Waals surface area (Å²) in [5.74, 6) is 0.452. The maximum atomic E-state index is 9.63. The second-order valence-corrected chi connectivity index (χ2v) is 6.34. The van der Waals surface area contributed by atoms with E-state index in [-0.39, 0.29) is 6.04 Å². The molecule has 2 atom stereocenters. The van der Waals surface area contributed by atoms with Gasteiger partial charge in [0.05, 0.1) is 23.2 Å². The van der Waals surface area contributed by atoms with Gasteiger partial charge in [0, 0.05) is 25.7 Å². The van der Waals surface area contributed by atoms with E-state index in [1.54, 1.807) is 12.1 Å². The van der Waals surface area contributed by atoms with Crippen molar-refractivity contribution in [3.05, 3.63) is 27.7 Å². The van der Waals surface area contributed by atoms with E-state index in [2.05, 4.69) is 29.7 Å². The standard InChI is InChI=1S/C16H21Cl2N3O/c1-4-20-5-6-21(10-11(20)2)15(9-19)12-7-13(17)16(22-3)14(18)8-12/h7-8,11,15H,4-6,10H2,1-3H3. The minimum absolute atomic E-state index is 0.345. The molecular weight excluding hydrogens is 321 g/mol. The number of nitriles is 1. The molecule has 2 unspecified atom stereocenters. The first-order valence-corrected chi connectivity index (χ1v) is 8.18. The smallest absolute Gasteiger partial charge is 0.156 e. The van der Waals surface area contributed by atoms with Crippen LogP contribution < -0.4 is 4.74 Å². The lowest BCUT2D eigenvalue weighted by Gasteiger charge is -2.41. The number of ether oxygens (including phenoxy) is 1. The van der Waals surface area contributed by atoms with Crippen LogP contribution in [0.3, 0.4) is 0 Å². The zero-order valence-electron chi connectivity index (χ0n) is 13.1. The number of methoxy groups -OCH3 is 1. The van der Waals surface area contributed by atoms with Crippen LogP contribution in [0.5, 0.6) is 5.75 Å². The fourth-order valence-corrected chi connectivity index (χ4v) is 3.69. The Morgan fingerprint density at radius 2 is 2.00 bits per heavy atom. The van der Waals surface area contributed by atoms with Crippen molar-refractivity contribution in [2.24, 2.45) is 0 Å². The van der Waals surface area contributed by atoms with Crippen molar-refractivity contribution in [3.63, 3.8) is 0 Å². The van der Waals surface area contributed by atoms with Gasteiger partial charge in [0.15, 0.2) is 5.75 Å². The minimum atomic E-state index is -0.345. The number of benzene rings is 1. The van der Waals surface area contributed by atoms with E-state index in [9.17, 15) is 5.26 Å². The fourth-order valence-electron chi connectivity index (χ4n) is 3.03. The quantitative estimate of drug-likeness (QED) is 0.838. The van der Waals surface area contributed by atoms with Crippen LogP contribution in [-0.4, -0.2) is 49.1 Å². The molecule has 1 aromatic rings. The van der Waals surface area contributed by atoms with E-state index in [4.69, 9.17) is 27.9 Å². The third-order valence-electron chi connectivity index (χ3n) is 4.23. The Bertz CT molecular complexity index is 550. The molecule has 0 N–H and O–H groups in total. The maximum absolute atomic E-state index is 9.63. The Morgan fingerprint density at radius 3 is 2.45 bits per heavy atom. The van der Waals surface area contributed by atoms with Crippen LogP contribution in [0.4, 0.5) is 0 Å². The summed E-state index contributed by atoms with van der Waals surface area (Å²) >= 11 is 12.4. The first kappa shape index (κ1) is 17.4. The summed E-state index contributed by atoms with van der Waals surface area (Å²) in [6.45, 7) is 8.07. The Morgan fingerprint density at radius 1 is 1.36 bits per heavy atom. The summed E-state index contributed by atoms with van der Waals surface area (Å²) in [6, 6.07) is 6.02. The van der Waals surface area contributed by atoms with Gasteiger partial charge in [-0.1, -0.05) is 30.1 Å². The van der Waals surface area contributed by atoms with Crippen LogP contribution in [0.25, 0.3) is 0 Å². The Hall–Kier alpha value is -0.990. The van der Waals surface area contributed by atoms with Gasteiger partial charge in [-0.2, -0.15) is 5.26 Å². The molecule has 22 heavy (non-hydrogen) atoms. The Labute approximate surface area is 142 Å². The average molecular weight is 342 g/mol. The van der Waals surface area contributed by atoms with E-state index in [0.717, 1.165) is 31.7 Å². The van der Waals surface area contributed by atoms with Crippen molar-refractivity contribution in [1.29, 1.82) is 5.26 Å². The van der Waals surface area contributed by atoms with E-state index < -0.39 is 0 Å². The lowest BCUT2D eigenvalue weighted by Crippen LogP contribution is -2.52. The first-order valence-electron chi connectivity index (χ1n) is 7.42. The summed E-state index contributed by atoms with van der Waals surface area (Å²) in [6.07, 6.45) is 0. The van der Waals surface area contributed by atoms with E-state index in [1.807, 2.05) is 0 Å². The summed E-state index contributed by atoms with van der Waals surface area (Å²) in [5, 5.41) is 10.5. The molecule has 0 radical (unpaired) electrons. The summed E-state index contributed by atoms with van der Waals surface area (Å²) < 4.78 is 5.17. The first-order chi connectivity index (χ1) is 10.5. The van der Waals surface area contributed by atoms with Gasteiger partial charge in [0.2, 0.25) is 0 Å². The summed E-state index contributed by atoms with van der Waals surface area (Å²) in [4.78, 5) is 4.60. The highest BCUT2D eigenvalue weighted by Crippen LogP contribution is 2.37. The van der Waals surface area contributed by atoms with Crippen molar-refractivity contribution < 1.29 is 4.74 Å². The van der Waals surface area contributed by atoms with Crippen molar-refractivity contribution in [1.82, 2.24) is 9.80 Å². The molecule has 1 saturated heterocycles. The van der Waals surface area contributed by atoms with Gasteiger partial charge >= 0.3 is 0 Å². The third-order valence-corrected chi connectivity index (χ3v) is 4.79. The molecule has 1 aromatic carbocycles. The van der Waals surface area contributed by atoms with Gasteiger partial charge in [0.1, 0.15) is 6.04 Å². The molecule has 2 rings (SSSR count). The third kappa shape index (κ3) is 3.49. The average Bonchev–Trinajstić information content (AvgIpc) is 2.48. The lowest BCUT2D eigenvalue weighted by molar-refractivity contribution is 0.0730. The van der Waals surface area contributed by atoms with Crippen molar-refractivity contribution >= 4 is 23.2 Å². The van der Waals surface area contributed by atoms with Crippen LogP contribution in [0.2, 0.25) is 10.0 Å². The molecule has 1 heterocycles. The maximum Gasteiger partial charge on any atom is 0.156 e. The van der Waals surface area contributed by atoms with Crippen LogP contribution in [0, 0.1) is 11.3 Å². The Kier molecular flexibility index (Phi) is 5.94. The van der Waals surface area contributed by atoms with Gasteiger partial charge in [-0.15, -0.1) is 0 Å². The number of likely N-dealkylation sites (N-methyl/N-ethyl adjacent to an activating group) is 1. The molecule has 0 aliphatic carbocycles. The monoisotopic (exact) mass is 341 g/mol. The van der Waals surface area contributed by atoms with E-state index in [0.29, 0.717) is 21.8 Å². The van der Waals surface area contributed by atoms with Crippen LogP contribution in [0.15, 0.2) is 12.1 Å². The summed E-state index contributed by atoms with van der Waals surface area (Å²) in [5.41, 5.74) is 0.815. The molecule has 1 aliphatic heterocycles. The van der Waals surface area contributed by atoms with Gasteiger partial charge in [-0.25, -0.2) is 0 Å². The molecule has 4 nitrogen and oxygen atoms in total. The van der Waals surface area contributed by atoms with Crippen molar-refractivity contribution in [2.75, 3.05) is 33.3 Å². The summed E-state index contributed by atoms with van der Waals surface area (Å²) in [7, 11) is 1.53.